The number of morpholine rings is 1. The number of ether oxygens (including phenoxy) is 1. The number of aliphatic imine (C=N–C) groups is 1. The highest BCUT2D eigenvalue weighted by Crippen LogP contribution is 2.11. The maximum absolute atomic E-state index is 5.42. The second-order valence-electron chi connectivity index (χ2n) is 6.35. The molecule has 1 saturated heterocycles. The third-order valence-electron chi connectivity index (χ3n) is 4.26. The SMILES string of the molecule is CN=C(NCc1cccc(CN2CCOCC2)c1)NCc1ncc(C)s1. The van der Waals surface area contributed by atoms with Crippen LogP contribution in [0.3, 0.4) is 0 Å². The fourth-order valence-corrected chi connectivity index (χ4v) is 3.63. The van der Waals surface area contributed by atoms with Crippen LogP contribution in [0, 0.1) is 6.92 Å². The fourth-order valence-electron chi connectivity index (χ4n) is 2.90. The summed E-state index contributed by atoms with van der Waals surface area (Å²) in [5.41, 5.74) is 2.59. The van der Waals surface area contributed by atoms with E-state index in [1.165, 1.54) is 16.0 Å². The standard InChI is InChI=1S/C19H27N5OS/c1-15-11-21-18(26-15)13-23-19(20-2)22-12-16-4-3-5-17(10-16)14-24-6-8-25-9-7-24/h3-5,10-11H,6-9,12-14H2,1-2H3,(H2,20,22,23). The second-order valence-corrected chi connectivity index (χ2v) is 7.67. The Bertz CT molecular complexity index is 724. The van der Waals surface area contributed by atoms with Gasteiger partial charge in [0.15, 0.2) is 5.96 Å². The molecule has 26 heavy (non-hydrogen) atoms. The van der Waals surface area contributed by atoms with Gasteiger partial charge in [-0.25, -0.2) is 4.98 Å². The van der Waals surface area contributed by atoms with Crippen molar-refractivity contribution in [3.8, 4) is 0 Å². The number of nitrogens with one attached hydrogen (secondary N) is 2. The molecule has 1 aliphatic rings. The van der Waals surface area contributed by atoms with Gasteiger partial charge >= 0.3 is 0 Å². The summed E-state index contributed by atoms with van der Waals surface area (Å²) in [6.07, 6.45) is 1.90. The Kier molecular flexibility index (Phi) is 6.99. The van der Waals surface area contributed by atoms with Gasteiger partial charge in [0.2, 0.25) is 0 Å². The van der Waals surface area contributed by atoms with Crippen LogP contribution in [0.5, 0.6) is 0 Å². The third-order valence-corrected chi connectivity index (χ3v) is 5.17. The van der Waals surface area contributed by atoms with Gasteiger partial charge < -0.3 is 15.4 Å². The molecule has 1 fully saturated rings. The van der Waals surface area contributed by atoms with Gasteiger partial charge in [-0.1, -0.05) is 24.3 Å². The Labute approximate surface area is 159 Å². The average Bonchev–Trinajstić information content (AvgIpc) is 3.08. The molecule has 2 heterocycles. The van der Waals surface area contributed by atoms with E-state index in [1.54, 1.807) is 18.4 Å². The van der Waals surface area contributed by atoms with Crippen LogP contribution in [0.2, 0.25) is 0 Å². The van der Waals surface area contributed by atoms with Gasteiger partial charge in [0.05, 0.1) is 19.8 Å². The summed E-state index contributed by atoms with van der Waals surface area (Å²) < 4.78 is 5.42. The molecule has 6 nitrogen and oxygen atoms in total. The average molecular weight is 374 g/mol. The van der Waals surface area contributed by atoms with Gasteiger partial charge in [0, 0.05) is 44.3 Å². The van der Waals surface area contributed by atoms with Crippen molar-refractivity contribution in [2.45, 2.75) is 26.6 Å². The number of aryl methyl sites for hydroxylation is 1. The quantitative estimate of drug-likeness (QED) is 0.600. The molecule has 140 valence electrons. The topological polar surface area (TPSA) is 61.8 Å². The van der Waals surface area contributed by atoms with Crippen LogP contribution in [-0.4, -0.2) is 49.2 Å². The van der Waals surface area contributed by atoms with Crippen molar-refractivity contribution < 1.29 is 4.74 Å². The van der Waals surface area contributed by atoms with Crippen molar-refractivity contribution in [3.05, 3.63) is 51.5 Å². The number of thiazole rings is 1. The molecule has 3 rings (SSSR count). The Hall–Kier alpha value is -1.96. The summed E-state index contributed by atoms with van der Waals surface area (Å²) in [4.78, 5) is 12.3. The smallest absolute Gasteiger partial charge is 0.191 e. The Balaban J connectivity index is 1.48. The number of guanidine groups is 1. The van der Waals surface area contributed by atoms with Crippen molar-refractivity contribution in [3.63, 3.8) is 0 Å². The van der Waals surface area contributed by atoms with Crippen molar-refractivity contribution in [1.82, 2.24) is 20.5 Å². The highest BCUT2D eigenvalue weighted by atomic mass is 32.1. The van der Waals surface area contributed by atoms with E-state index in [2.05, 4.69) is 56.7 Å². The molecule has 0 radical (unpaired) electrons. The summed E-state index contributed by atoms with van der Waals surface area (Å²) in [6, 6.07) is 8.73. The summed E-state index contributed by atoms with van der Waals surface area (Å²) in [5.74, 6) is 0.788. The number of hydrogen-bond donors (Lipinski definition) is 2. The van der Waals surface area contributed by atoms with E-state index in [4.69, 9.17) is 4.74 Å². The molecule has 2 aromatic rings. The van der Waals surface area contributed by atoms with E-state index in [9.17, 15) is 0 Å². The number of rotatable bonds is 6. The molecule has 7 heteroatoms. The van der Waals surface area contributed by atoms with Crippen molar-refractivity contribution >= 4 is 17.3 Å². The van der Waals surface area contributed by atoms with E-state index in [1.807, 2.05) is 6.20 Å². The first kappa shape index (κ1) is 18.8. The van der Waals surface area contributed by atoms with E-state index in [-0.39, 0.29) is 0 Å². The molecule has 0 spiro atoms. The van der Waals surface area contributed by atoms with Crippen LogP contribution >= 0.6 is 11.3 Å². The Morgan fingerprint density at radius 3 is 2.73 bits per heavy atom. The molecule has 2 N–H and O–H groups in total. The number of benzene rings is 1. The number of aromatic nitrogens is 1. The van der Waals surface area contributed by atoms with Gasteiger partial charge in [-0.3, -0.25) is 9.89 Å². The zero-order chi connectivity index (χ0) is 18.2. The van der Waals surface area contributed by atoms with Gasteiger partial charge in [0.25, 0.3) is 0 Å². The van der Waals surface area contributed by atoms with E-state index >= 15 is 0 Å². The van der Waals surface area contributed by atoms with Crippen LogP contribution < -0.4 is 10.6 Å². The monoisotopic (exact) mass is 373 g/mol. The molecule has 1 aliphatic heterocycles. The molecule has 0 saturated carbocycles. The summed E-state index contributed by atoms with van der Waals surface area (Å²) in [6.45, 7) is 8.17. The Morgan fingerprint density at radius 2 is 2.00 bits per heavy atom. The largest absolute Gasteiger partial charge is 0.379 e. The summed E-state index contributed by atoms with van der Waals surface area (Å²) >= 11 is 1.70. The van der Waals surface area contributed by atoms with Crippen LogP contribution in [0.1, 0.15) is 21.0 Å². The molecular weight excluding hydrogens is 346 g/mol. The van der Waals surface area contributed by atoms with Crippen LogP contribution in [0.4, 0.5) is 0 Å². The molecule has 0 aliphatic carbocycles. The molecule has 1 aromatic carbocycles. The first-order valence-corrected chi connectivity index (χ1v) is 9.78. The molecule has 0 unspecified atom stereocenters. The van der Waals surface area contributed by atoms with Crippen LogP contribution in [0.15, 0.2) is 35.5 Å². The summed E-state index contributed by atoms with van der Waals surface area (Å²) in [7, 11) is 1.79. The first-order chi connectivity index (χ1) is 12.7. The van der Waals surface area contributed by atoms with Gasteiger partial charge in [-0.2, -0.15) is 0 Å². The second kappa shape index (κ2) is 9.66. The molecule has 0 atom stereocenters. The summed E-state index contributed by atoms with van der Waals surface area (Å²) in [5, 5.41) is 7.76. The minimum atomic E-state index is 0.690. The van der Waals surface area contributed by atoms with E-state index in [0.29, 0.717) is 6.54 Å². The molecule has 0 amide bonds. The predicted octanol–water partition coefficient (Wildman–Crippen LogP) is 2.15. The third kappa shape index (κ3) is 5.79. The lowest BCUT2D eigenvalue weighted by Crippen LogP contribution is -2.36. The molecule has 1 aromatic heterocycles. The molecular formula is C19H27N5OS. The maximum Gasteiger partial charge on any atom is 0.191 e. The zero-order valence-corrected chi connectivity index (χ0v) is 16.3. The molecule has 0 bridgehead atoms. The van der Waals surface area contributed by atoms with Gasteiger partial charge in [-0.15, -0.1) is 11.3 Å². The van der Waals surface area contributed by atoms with Crippen LogP contribution in [-0.2, 0) is 24.4 Å². The van der Waals surface area contributed by atoms with Crippen molar-refractivity contribution in [2.75, 3.05) is 33.4 Å². The minimum absolute atomic E-state index is 0.690. The van der Waals surface area contributed by atoms with E-state index in [0.717, 1.165) is 50.4 Å². The lowest BCUT2D eigenvalue weighted by atomic mass is 10.1. The van der Waals surface area contributed by atoms with Crippen molar-refractivity contribution in [1.29, 1.82) is 0 Å². The van der Waals surface area contributed by atoms with Crippen LogP contribution in [0.25, 0.3) is 0 Å². The number of nitrogens with zero attached hydrogens (tertiary/aromatic N) is 3. The number of hydrogen-bond acceptors (Lipinski definition) is 5. The zero-order valence-electron chi connectivity index (χ0n) is 15.5. The fraction of sp³-hybridized carbons (Fsp3) is 0.474. The minimum Gasteiger partial charge on any atom is -0.379 e. The highest BCUT2D eigenvalue weighted by molar-refractivity contribution is 7.11. The Morgan fingerprint density at radius 1 is 1.23 bits per heavy atom. The van der Waals surface area contributed by atoms with Gasteiger partial charge in [-0.05, 0) is 18.1 Å². The van der Waals surface area contributed by atoms with Crippen molar-refractivity contribution in [2.24, 2.45) is 4.99 Å². The highest BCUT2D eigenvalue weighted by Gasteiger charge is 2.10. The lowest BCUT2D eigenvalue weighted by molar-refractivity contribution is 0.0342. The first-order valence-electron chi connectivity index (χ1n) is 8.96. The van der Waals surface area contributed by atoms with E-state index < -0.39 is 0 Å². The lowest BCUT2D eigenvalue weighted by Gasteiger charge is -2.26. The normalized spacial score (nSPS) is 15.8. The predicted molar refractivity (Wildman–Crippen MR) is 106 cm³/mol. The van der Waals surface area contributed by atoms with Gasteiger partial charge in [0.1, 0.15) is 5.01 Å². The maximum atomic E-state index is 5.42.